The lowest BCUT2D eigenvalue weighted by Gasteiger charge is -2.13. The Morgan fingerprint density at radius 1 is 1.35 bits per heavy atom. The number of cyclic esters (lactones) is 1. The summed E-state index contributed by atoms with van der Waals surface area (Å²) in [5, 5.41) is 4.29. The van der Waals surface area contributed by atoms with Crippen molar-refractivity contribution in [2.75, 3.05) is 0 Å². The lowest BCUT2D eigenvalue weighted by atomic mass is 9.99. The van der Waals surface area contributed by atoms with Gasteiger partial charge < -0.3 is 10.5 Å². The Morgan fingerprint density at radius 3 is 2.91 bits per heavy atom. The number of benzene rings is 1. The fraction of sp³-hybridized carbons (Fsp3) is 0.125. The summed E-state index contributed by atoms with van der Waals surface area (Å²) in [4.78, 5) is 16.0. The summed E-state index contributed by atoms with van der Waals surface area (Å²) in [6, 6.07) is 11.0. The van der Waals surface area contributed by atoms with Gasteiger partial charge in [0.25, 0.3) is 0 Å². The predicted molar refractivity (Wildman–Crippen MR) is 89.9 cm³/mol. The van der Waals surface area contributed by atoms with Crippen LogP contribution in [0.1, 0.15) is 34.0 Å². The maximum Gasteiger partial charge on any atom is 0.339 e. The van der Waals surface area contributed by atoms with Gasteiger partial charge in [-0.25, -0.2) is 4.79 Å². The van der Waals surface area contributed by atoms with Crippen molar-refractivity contribution in [3.05, 3.63) is 65.5 Å². The monoisotopic (exact) mass is 326 g/mol. The molecule has 1 aromatic heterocycles. The third-order valence-corrected chi connectivity index (χ3v) is 3.54. The van der Waals surface area contributed by atoms with Crippen LogP contribution >= 0.6 is 12.2 Å². The number of hydrogen-bond donors (Lipinski definition) is 2. The molecule has 2 aromatic rings. The van der Waals surface area contributed by atoms with Crippen molar-refractivity contribution in [3.63, 3.8) is 0 Å². The fourth-order valence-electron chi connectivity index (χ4n) is 2.43. The van der Waals surface area contributed by atoms with E-state index in [1.807, 2.05) is 24.3 Å². The maximum atomic E-state index is 11.9. The van der Waals surface area contributed by atoms with Crippen LogP contribution in [0.5, 0.6) is 0 Å². The molecule has 3 N–H and O–H groups in total. The van der Waals surface area contributed by atoms with E-state index in [0.717, 1.165) is 11.1 Å². The van der Waals surface area contributed by atoms with Gasteiger partial charge in [-0.2, -0.15) is 5.10 Å². The van der Waals surface area contributed by atoms with Crippen LogP contribution in [0.2, 0.25) is 0 Å². The number of nitrogens with one attached hydrogen (secondary N) is 1. The minimum absolute atomic E-state index is 0.0650. The van der Waals surface area contributed by atoms with E-state index in [9.17, 15) is 4.79 Å². The van der Waals surface area contributed by atoms with Crippen molar-refractivity contribution < 1.29 is 9.53 Å². The van der Waals surface area contributed by atoms with Gasteiger partial charge in [0.05, 0.1) is 11.3 Å². The predicted octanol–water partition coefficient (Wildman–Crippen LogP) is 1.92. The Hall–Kier alpha value is -2.80. The second-order valence-electron chi connectivity index (χ2n) is 4.96. The summed E-state index contributed by atoms with van der Waals surface area (Å²) < 4.78 is 5.46. The SMILES string of the molecule is NC(=S)N/N=C(/CC1OC(=O)c2ccccc21)c1cccnc1. The zero-order chi connectivity index (χ0) is 16.2. The highest BCUT2D eigenvalue weighted by Crippen LogP contribution is 2.33. The molecule has 1 aliphatic heterocycles. The summed E-state index contributed by atoms with van der Waals surface area (Å²) in [6.07, 6.45) is 3.35. The first-order chi connectivity index (χ1) is 11.1. The summed E-state index contributed by atoms with van der Waals surface area (Å²) in [5.41, 5.74) is 10.9. The molecule has 116 valence electrons. The van der Waals surface area contributed by atoms with E-state index in [1.165, 1.54) is 0 Å². The average Bonchev–Trinajstić information content (AvgIpc) is 2.88. The molecular weight excluding hydrogens is 312 g/mol. The molecule has 1 aromatic carbocycles. The van der Waals surface area contributed by atoms with Gasteiger partial charge >= 0.3 is 5.97 Å². The van der Waals surface area contributed by atoms with E-state index in [1.54, 1.807) is 24.5 Å². The highest BCUT2D eigenvalue weighted by Gasteiger charge is 2.31. The quantitative estimate of drug-likeness (QED) is 0.386. The Kier molecular flexibility index (Phi) is 4.29. The average molecular weight is 326 g/mol. The van der Waals surface area contributed by atoms with E-state index in [2.05, 4.69) is 15.5 Å². The van der Waals surface area contributed by atoms with Crippen LogP contribution in [0.3, 0.4) is 0 Å². The lowest BCUT2D eigenvalue weighted by molar-refractivity contribution is 0.0400. The standard InChI is InChI=1S/C16H14N4O2S/c17-16(23)20-19-13(10-4-3-7-18-9-10)8-14-11-5-1-2-6-12(11)15(21)22-14/h1-7,9,14H,8H2,(H3,17,20,23)/b19-13-. The third kappa shape index (κ3) is 3.35. The molecule has 0 saturated carbocycles. The number of fused-ring (bicyclic) bond motifs is 1. The molecule has 1 unspecified atom stereocenters. The molecule has 3 rings (SSSR count). The van der Waals surface area contributed by atoms with Gasteiger partial charge in [0, 0.05) is 29.9 Å². The summed E-state index contributed by atoms with van der Waals surface area (Å²) >= 11 is 4.79. The number of pyridine rings is 1. The molecule has 7 heteroatoms. The Labute approximate surface area is 138 Å². The molecule has 1 atom stereocenters. The van der Waals surface area contributed by atoms with Crippen LogP contribution in [-0.2, 0) is 4.74 Å². The number of esters is 1. The van der Waals surface area contributed by atoms with E-state index in [0.29, 0.717) is 17.7 Å². The summed E-state index contributed by atoms with van der Waals surface area (Å²) in [7, 11) is 0. The molecule has 0 aliphatic carbocycles. The van der Waals surface area contributed by atoms with Crippen LogP contribution in [0.4, 0.5) is 0 Å². The largest absolute Gasteiger partial charge is 0.453 e. The minimum Gasteiger partial charge on any atom is -0.453 e. The van der Waals surface area contributed by atoms with E-state index in [-0.39, 0.29) is 11.1 Å². The van der Waals surface area contributed by atoms with Crippen molar-refractivity contribution in [2.45, 2.75) is 12.5 Å². The van der Waals surface area contributed by atoms with Crippen LogP contribution in [0, 0.1) is 0 Å². The highest BCUT2D eigenvalue weighted by molar-refractivity contribution is 7.80. The molecule has 2 heterocycles. The Morgan fingerprint density at radius 2 is 2.17 bits per heavy atom. The third-order valence-electron chi connectivity index (χ3n) is 3.45. The number of nitrogens with two attached hydrogens (primary N) is 1. The van der Waals surface area contributed by atoms with E-state index >= 15 is 0 Å². The molecule has 0 saturated heterocycles. The summed E-state index contributed by atoms with van der Waals surface area (Å²) in [5.74, 6) is -0.321. The zero-order valence-corrected chi connectivity index (χ0v) is 12.9. The van der Waals surface area contributed by atoms with Crippen LogP contribution in [0.15, 0.2) is 53.9 Å². The minimum atomic E-state index is -0.397. The second-order valence-corrected chi connectivity index (χ2v) is 5.40. The molecule has 0 radical (unpaired) electrons. The van der Waals surface area contributed by atoms with Gasteiger partial charge in [0.15, 0.2) is 5.11 Å². The van der Waals surface area contributed by atoms with Crippen molar-refractivity contribution in [2.24, 2.45) is 10.8 Å². The van der Waals surface area contributed by atoms with E-state index < -0.39 is 6.10 Å². The number of hydrogen-bond acceptors (Lipinski definition) is 5. The number of ether oxygens (including phenoxy) is 1. The Balaban J connectivity index is 1.90. The zero-order valence-electron chi connectivity index (χ0n) is 12.1. The first-order valence-electron chi connectivity index (χ1n) is 6.97. The van der Waals surface area contributed by atoms with Gasteiger partial charge in [-0.15, -0.1) is 0 Å². The molecule has 6 nitrogen and oxygen atoms in total. The second kappa shape index (κ2) is 6.53. The van der Waals surface area contributed by atoms with Gasteiger partial charge in [-0.1, -0.05) is 24.3 Å². The lowest BCUT2D eigenvalue weighted by Crippen LogP contribution is -2.26. The number of nitrogens with zero attached hydrogens (tertiary/aromatic N) is 2. The molecule has 0 fully saturated rings. The first-order valence-corrected chi connectivity index (χ1v) is 7.38. The number of carbonyl (C=O) groups is 1. The smallest absolute Gasteiger partial charge is 0.339 e. The van der Waals surface area contributed by atoms with Crippen molar-refractivity contribution >= 4 is 29.0 Å². The van der Waals surface area contributed by atoms with Gasteiger partial charge in [0.1, 0.15) is 6.10 Å². The van der Waals surface area contributed by atoms with Crippen LogP contribution in [-0.4, -0.2) is 21.8 Å². The van der Waals surface area contributed by atoms with Gasteiger partial charge in [-0.05, 0) is 24.4 Å². The molecule has 0 amide bonds. The van der Waals surface area contributed by atoms with Crippen LogP contribution in [0.25, 0.3) is 0 Å². The number of carbonyl (C=O) groups excluding carboxylic acids is 1. The van der Waals surface area contributed by atoms with Gasteiger partial charge in [-0.3, -0.25) is 10.4 Å². The molecule has 23 heavy (non-hydrogen) atoms. The van der Waals surface area contributed by atoms with Crippen molar-refractivity contribution in [1.29, 1.82) is 0 Å². The van der Waals surface area contributed by atoms with Crippen LogP contribution < -0.4 is 11.2 Å². The number of rotatable bonds is 4. The van der Waals surface area contributed by atoms with Crippen molar-refractivity contribution in [3.8, 4) is 0 Å². The van der Waals surface area contributed by atoms with Crippen molar-refractivity contribution in [1.82, 2.24) is 10.4 Å². The summed E-state index contributed by atoms with van der Waals surface area (Å²) in [6.45, 7) is 0. The Bertz CT molecular complexity index is 777. The highest BCUT2D eigenvalue weighted by atomic mass is 32.1. The topological polar surface area (TPSA) is 89.6 Å². The number of aromatic nitrogens is 1. The molecule has 0 bridgehead atoms. The molecular formula is C16H14N4O2S. The van der Waals surface area contributed by atoms with Gasteiger partial charge in [0.2, 0.25) is 0 Å². The normalized spacial score (nSPS) is 16.6. The molecule has 0 spiro atoms. The first kappa shape index (κ1) is 15.1. The fourth-order valence-corrected chi connectivity index (χ4v) is 2.48. The maximum absolute atomic E-state index is 11.9. The molecule has 1 aliphatic rings. The van der Waals surface area contributed by atoms with E-state index in [4.69, 9.17) is 22.7 Å². The number of thiocarbonyl (C=S) groups is 1. The number of hydrazone groups is 1.